The van der Waals surface area contributed by atoms with Gasteiger partial charge in [-0.05, 0) is 41.5 Å². The molecule has 0 atom stereocenters. The van der Waals surface area contributed by atoms with Gasteiger partial charge >= 0.3 is 5.97 Å². The first-order valence-corrected chi connectivity index (χ1v) is 6.02. The summed E-state index contributed by atoms with van der Waals surface area (Å²) in [5.41, 5.74) is 1.31. The maximum atomic E-state index is 11.2. The molecule has 0 spiro atoms. The Kier molecular flexibility index (Phi) is 4.05. The number of hydrogen-bond donors (Lipinski definition) is 2. The first kappa shape index (κ1) is 13.7. The molecule has 0 aliphatic carbocycles. The molecule has 20 heavy (non-hydrogen) atoms. The van der Waals surface area contributed by atoms with Gasteiger partial charge in [0.05, 0.1) is 5.56 Å². The highest BCUT2D eigenvalue weighted by molar-refractivity contribution is 5.96. The van der Waals surface area contributed by atoms with E-state index in [-0.39, 0.29) is 11.3 Å². The average molecular weight is 270 g/mol. The Bertz CT molecular complexity index is 629. The van der Waals surface area contributed by atoms with E-state index in [0.717, 1.165) is 0 Å². The van der Waals surface area contributed by atoms with Gasteiger partial charge in [0, 0.05) is 0 Å². The number of carbonyl (C=O) groups is 1. The second-order valence-electron chi connectivity index (χ2n) is 4.16. The lowest BCUT2D eigenvalue weighted by molar-refractivity contribution is 0.0697. The summed E-state index contributed by atoms with van der Waals surface area (Å²) in [6, 6.07) is 11.2. The fourth-order valence-electron chi connectivity index (χ4n) is 1.84. The fraction of sp³-hybridized carbons (Fsp3) is 0.0625. The minimum absolute atomic E-state index is 0.0250. The zero-order chi connectivity index (χ0) is 14.5. The number of aromatic carboxylic acids is 1. The molecule has 0 bridgehead atoms. The van der Waals surface area contributed by atoms with Crippen LogP contribution in [0.2, 0.25) is 0 Å². The molecule has 0 saturated heterocycles. The summed E-state index contributed by atoms with van der Waals surface area (Å²) in [7, 11) is 0. The third kappa shape index (κ3) is 2.98. The maximum Gasteiger partial charge on any atom is 0.336 e. The molecule has 0 aliphatic heterocycles. The van der Waals surface area contributed by atoms with Gasteiger partial charge in [-0.1, -0.05) is 24.8 Å². The number of phenolic OH excluding ortho intramolecular Hbond substituents is 1. The lowest BCUT2D eigenvalue weighted by Crippen LogP contribution is -1.99. The summed E-state index contributed by atoms with van der Waals surface area (Å²) in [6.45, 7) is 3.97. The lowest BCUT2D eigenvalue weighted by Gasteiger charge is -2.08. The van der Waals surface area contributed by atoms with E-state index in [4.69, 9.17) is 4.74 Å². The van der Waals surface area contributed by atoms with Crippen LogP contribution in [-0.4, -0.2) is 22.8 Å². The van der Waals surface area contributed by atoms with Gasteiger partial charge in [0.25, 0.3) is 0 Å². The quantitative estimate of drug-likeness (QED) is 0.818. The van der Waals surface area contributed by atoms with Crippen molar-refractivity contribution < 1.29 is 19.7 Å². The number of carboxylic acids is 1. The Morgan fingerprint density at radius 3 is 2.50 bits per heavy atom. The van der Waals surface area contributed by atoms with Crippen LogP contribution in [0.5, 0.6) is 11.5 Å². The molecular formula is C16H14O4. The van der Waals surface area contributed by atoms with Crippen LogP contribution in [0.15, 0.2) is 55.1 Å². The van der Waals surface area contributed by atoms with Crippen molar-refractivity contribution in [2.24, 2.45) is 0 Å². The summed E-state index contributed by atoms with van der Waals surface area (Å²) in [6.07, 6.45) is 1.64. The van der Waals surface area contributed by atoms with E-state index >= 15 is 0 Å². The summed E-state index contributed by atoms with van der Waals surface area (Å²) < 4.78 is 5.36. The normalized spacial score (nSPS) is 10.0. The van der Waals surface area contributed by atoms with Crippen LogP contribution in [0.4, 0.5) is 0 Å². The van der Waals surface area contributed by atoms with E-state index in [1.807, 2.05) is 0 Å². The van der Waals surface area contributed by atoms with Crippen molar-refractivity contribution in [2.45, 2.75) is 0 Å². The van der Waals surface area contributed by atoms with Gasteiger partial charge in [-0.15, -0.1) is 0 Å². The Morgan fingerprint density at radius 2 is 1.90 bits per heavy atom. The molecule has 0 heterocycles. The molecule has 0 unspecified atom stereocenters. The number of aromatic hydroxyl groups is 1. The predicted octanol–water partition coefficient (Wildman–Crippen LogP) is 3.32. The second kappa shape index (κ2) is 5.93. The first-order chi connectivity index (χ1) is 9.61. The smallest absolute Gasteiger partial charge is 0.336 e. The highest BCUT2D eigenvalue weighted by Crippen LogP contribution is 2.29. The van der Waals surface area contributed by atoms with Crippen molar-refractivity contribution in [1.82, 2.24) is 0 Å². The maximum absolute atomic E-state index is 11.2. The number of phenols is 1. The van der Waals surface area contributed by atoms with Gasteiger partial charge in [-0.2, -0.15) is 0 Å². The molecule has 2 aromatic rings. The average Bonchev–Trinajstić information content (AvgIpc) is 2.45. The Balaban J connectivity index is 2.38. The number of benzene rings is 2. The van der Waals surface area contributed by atoms with E-state index in [2.05, 4.69) is 6.58 Å². The fourth-order valence-corrected chi connectivity index (χ4v) is 1.84. The summed E-state index contributed by atoms with van der Waals surface area (Å²) in [5.74, 6) is -0.338. The van der Waals surface area contributed by atoms with E-state index < -0.39 is 5.97 Å². The lowest BCUT2D eigenvalue weighted by atomic mass is 9.99. The number of carboxylic acid groups (broad SMARTS) is 1. The molecule has 0 radical (unpaired) electrons. The molecule has 2 aromatic carbocycles. The van der Waals surface area contributed by atoms with Crippen molar-refractivity contribution in [3.63, 3.8) is 0 Å². The number of ether oxygens (including phenoxy) is 1. The van der Waals surface area contributed by atoms with Crippen molar-refractivity contribution in [1.29, 1.82) is 0 Å². The van der Waals surface area contributed by atoms with Gasteiger partial charge in [0.2, 0.25) is 0 Å². The minimum atomic E-state index is -1.04. The van der Waals surface area contributed by atoms with Crippen LogP contribution >= 0.6 is 0 Å². The van der Waals surface area contributed by atoms with Crippen LogP contribution in [0.1, 0.15) is 10.4 Å². The zero-order valence-electron chi connectivity index (χ0n) is 10.7. The van der Waals surface area contributed by atoms with E-state index in [0.29, 0.717) is 23.5 Å². The zero-order valence-corrected chi connectivity index (χ0v) is 10.7. The van der Waals surface area contributed by atoms with E-state index in [9.17, 15) is 15.0 Å². The molecule has 0 aromatic heterocycles. The molecular weight excluding hydrogens is 256 g/mol. The van der Waals surface area contributed by atoms with Gasteiger partial charge < -0.3 is 14.9 Å². The van der Waals surface area contributed by atoms with Crippen molar-refractivity contribution in [2.75, 3.05) is 6.61 Å². The third-order valence-corrected chi connectivity index (χ3v) is 2.77. The van der Waals surface area contributed by atoms with Gasteiger partial charge in [-0.3, -0.25) is 0 Å². The van der Waals surface area contributed by atoms with Crippen LogP contribution in [-0.2, 0) is 0 Å². The first-order valence-electron chi connectivity index (χ1n) is 6.02. The Labute approximate surface area is 116 Å². The molecule has 102 valence electrons. The van der Waals surface area contributed by atoms with E-state index in [1.54, 1.807) is 30.3 Å². The monoisotopic (exact) mass is 270 g/mol. The topological polar surface area (TPSA) is 66.8 Å². The minimum Gasteiger partial charge on any atom is -0.508 e. The number of rotatable bonds is 5. The molecule has 2 N–H and O–H groups in total. The van der Waals surface area contributed by atoms with Crippen LogP contribution in [0.3, 0.4) is 0 Å². The Hall–Kier alpha value is -2.75. The largest absolute Gasteiger partial charge is 0.508 e. The van der Waals surface area contributed by atoms with Crippen molar-refractivity contribution >= 4 is 5.97 Å². The molecule has 4 nitrogen and oxygen atoms in total. The SMILES string of the molecule is C=CCOc1ccc(-c2cc(O)ccc2C(=O)O)cc1. The molecule has 0 fully saturated rings. The number of hydrogen-bond acceptors (Lipinski definition) is 3. The third-order valence-electron chi connectivity index (χ3n) is 2.77. The predicted molar refractivity (Wildman–Crippen MR) is 76.2 cm³/mol. The molecule has 4 heteroatoms. The highest BCUT2D eigenvalue weighted by Gasteiger charge is 2.12. The standard InChI is InChI=1S/C16H14O4/c1-2-9-20-13-6-3-11(4-7-13)15-10-12(17)5-8-14(15)16(18)19/h2-8,10,17H,1,9H2,(H,18,19). The molecule has 0 amide bonds. The van der Waals surface area contributed by atoms with Crippen molar-refractivity contribution in [3.05, 3.63) is 60.7 Å². The van der Waals surface area contributed by atoms with Crippen LogP contribution < -0.4 is 4.74 Å². The van der Waals surface area contributed by atoms with Crippen LogP contribution in [0.25, 0.3) is 11.1 Å². The molecule has 2 rings (SSSR count). The van der Waals surface area contributed by atoms with Gasteiger partial charge in [0.1, 0.15) is 18.1 Å². The Morgan fingerprint density at radius 1 is 1.20 bits per heavy atom. The molecule has 0 aliphatic rings. The van der Waals surface area contributed by atoms with E-state index in [1.165, 1.54) is 18.2 Å². The highest BCUT2D eigenvalue weighted by atomic mass is 16.5. The summed E-state index contributed by atoms with van der Waals surface area (Å²) >= 11 is 0. The van der Waals surface area contributed by atoms with Gasteiger partial charge in [0.15, 0.2) is 0 Å². The second-order valence-corrected chi connectivity index (χ2v) is 4.16. The van der Waals surface area contributed by atoms with Crippen LogP contribution in [0, 0.1) is 0 Å². The van der Waals surface area contributed by atoms with Gasteiger partial charge in [-0.25, -0.2) is 4.79 Å². The summed E-state index contributed by atoms with van der Waals surface area (Å²) in [4.78, 5) is 11.2. The van der Waals surface area contributed by atoms with Crippen molar-refractivity contribution in [3.8, 4) is 22.6 Å². The molecule has 0 saturated carbocycles. The summed E-state index contributed by atoms with van der Waals surface area (Å²) in [5, 5.41) is 18.7.